The van der Waals surface area contributed by atoms with Crippen molar-refractivity contribution in [2.45, 2.75) is 0 Å². The normalized spacial score (nSPS) is 11.6. The molecule has 0 unspecified atom stereocenters. The number of hydrogen-bond acceptors (Lipinski definition) is 1. The van der Waals surface area contributed by atoms with E-state index < -0.39 is 0 Å². The second kappa shape index (κ2) is 12.7. The van der Waals surface area contributed by atoms with Crippen LogP contribution in [0, 0.1) is 0 Å². The van der Waals surface area contributed by atoms with E-state index in [1.807, 2.05) is 0 Å². The molecule has 1 nitrogen and oxygen atoms in total. The molecule has 0 N–H and O–H groups in total. The molecule has 0 atom stereocenters. The number of hydrogen-bond donors (Lipinski definition) is 0. The molecular weight excluding hydrogens is 663 g/mol. The third-order valence-corrected chi connectivity index (χ3v) is 11.4. The largest absolute Gasteiger partial charge is 0.309 e. The molecule has 0 aliphatic carbocycles. The monoisotopic (exact) mass is 697 g/mol. The lowest BCUT2D eigenvalue weighted by molar-refractivity contribution is 1.32. The van der Waals surface area contributed by atoms with Crippen molar-refractivity contribution in [2.24, 2.45) is 0 Å². The molecule has 11 aromatic carbocycles. The number of fused-ring (bicyclic) bond motifs is 9. The maximum Gasteiger partial charge on any atom is 0.0540 e. The standard InChI is InChI=1S/C54H35N/c1-3-17-38(18-4-1)53-49-24-12-11-23-45(49)46-34-31-40(35-50(46)54(53)39-19-5-2-6-20-39)55(51-27-13-25-43-41-21-9-7-15-36(41)29-32-47(43)51)52-28-14-26-44-42-22-10-8-16-37(42)30-33-48(44)52/h1-35H. The average Bonchev–Trinajstić information content (AvgIpc) is 3.26. The molecule has 0 radical (unpaired) electrons. The van der Waals surface area contributed by atoms with Crippen LogP contribution in [0.3, 0.4) is 0 Å². The lowest BCUT2D eigenvalue weighted by atomic mass is 9.85. The summed E-state index contributed by atoms with van der Waals surface area (Å²) in [5.41, 5.74) is 8.32. The van der Waals surface area contributed by atoms with Crippen LogP contribution in [0.1, 0.15) is 0 Å². The predicted octanol–water partition coefficient (Wildman–Crippen LogP) is 15.4. The zero-order valence-electron chi connectivity index (χ0n) is 30.2. The molecule has 256 valence electrons. The van der Waals surface area contributed by atoms with Crippen LogP contribution >= 0.6 is 0 Å². The van der Waals surface area contributed by atoms with Gasteiger partial charge in [0.05, 0.1) is 11.4 Å². The lowest BCUT2D eigenvalue weighted by Crippen LogP contribution is -2.11. The first-order valence-corrected chi connectivity index (χ1v) is 19.0. The first kappa shape index (κ1) is 31.3. The second-order valence-corrected chi connectivity index (χ2v) is 14.4. The highest BCUT2D eigenvalue weighted by Crippen LogP contribution is 2.49. The van der Waals surface area contributed by atoms with E-state index in [9.17, 15) is 0 Å². The summed E-state index contributed by atoms with van der Waals surface area (Å²) < 4.78 is 0. The van der Waals surface area contributed by atoms with Gasteiger partial charge in [0.1, 0.15) is 0 Å². The first-order valence-electron chi connectivity index (χ1n) is 19.0. The summed E-state index contributed by atoms with van der Waals surface area (Å²) in [5.74, 6) is 0. The Kier molecular flexibility index (Phi) is 7.25. The van der Waals surface area contributed by atoms with Crippen molar-refractivity contribution in [3.8, 4) is 22.3 Å². The third-order valence-electron chi connectivity index (χ3n) is 11.4. The fourth-order valence-electron chi connectivity index (χ4n) is 8.97. The number of nitrogens with zero attached hydrogens (tertiary/aromatic N) is 1. The van der Waals surface area contributed by atoms with E-state index in [0.29, 0.717) is 0 Å². The Hall–Kier alpha value is -7.22. The van der Waals surface area contributed by atoms with Crippen molar-refractivity contribution in [1.29, 1.82) is 0 Å². The van der Waals surface area contributed by atoms with Gasteiger partial charge in [0.15, 0.2) is 0 Å². The summed E-state index contributed by atoms with van der Waals surface area (Å²) in [6, 6.07) is 77.9. The molecule has 0 saturated heterocycles. The van der Waals surface area contributed by atoms with Crippen LogP contribution in [0.5, 0.6) is 0 Å². The van der Waals surface area contributed by atoms with Crippen molar-refractivity contribution in [3.05, 3.63) is 212 Å². The fourth-order valence-corrected chi connectivity index (χ4v) is 8.97. The van der Waals surface area contributed by atoms with E-state index >= 15 is 0 Å². The van der Waals surface area contributed by atoms with Gasteiger partial charge >= 0.3 is 0 Å². The second-order valence-electron chi connectivity index (χ2n) is 14.4. The van der Waals surface area contributed by atoms with Gasteiger partial charge in [-0.2, -0.15) is 0 Å². The van der Waals surface area contributed by atoms with Gasteiger partial charge in [0.2, 0.25) is 0 Å². The Morgan fingerprint density at radius 2 is 0.636 bits per heavy atom. The molecule has 0 aromatic heterocycles. The molecule has 1 heteroatoms. The van der Waals surface area contributed by atoms with Crippen LogP contribution < -0.4 is 4.90 Å². The van der Waals surface area contributed by atoms with Gasteiger partial charge < -0.3 is 4.90 Å². The quantitative estimate of drug-likeness (QED) is 0.162. The van der Waals surface area contributed by atoms with Crippen molar-refractivity contribution < 1.29 is 0 Å². The van der Waals surface area contributed by atoms with Crippen LogP contribution in [0.2, 0.25) is 0 Å². The molecule has 0 aliphatic rings. The zero-order valence-corrected chi connectivity index (χ0v) is 30.2. The smallest absolute Gasteiger partial charge is 0.0540 e. The van der Waals surface area contributed by atoms with Crippen molar-refractivity contribution in [2.75, 3.05) is 4.90 Å². The summed E-state index contributed by atoms with van der Waals surface area (Å²) in [4.78, 5) is 2.50. The Balaban J connectivity index is 1.28. The molecular formula is C54H35N. The number of benzene rings is 11. The van der Waals surface area contributed by atoms with Crippen molar-refractivity contribution >= 4 is 81.7 Å². The van der Waals surface area contributed by atoms with Crippen LogP contribution in [0.4, 0.5) is 17.1 Å². The molecule has 11 aromatic rings. The Morgan fingerprint density at radius 3 is 1.20 bits per heavy atom. The molecule has 0 spiro atoms. The topological polar surface area (TPSA) is 3.24 Å². The minimum absolute atomic E-state index is 1.11. The Bertz CT molecular complexity index is 3130. The van der Waals surface area contributed by atoms with Gasteiger partial charge in [-0.05, 0) is 100 Å². The molecule has 11 rings (SSSR count). The average molecular weight is 698 g/mol. The van der Waals surface area contributed by atoms with E-state index in [0.717, 1.165) is 17.1 Å². The molecule has 0 heterocycles. The van der Waals surface area contributed by atoms with E-state index in [2.05, 4.69) is 217 Å². The number of anilines is 3. The van der Waals surface area contributed by atoms with Gasteiger partial charge in [-0.15, -0.1) is 0 Å². The molecule has 55 heavy (non-hydrogen) atoms. The molecule has 0 fully saturated rings. The molecule has 0 saturated carbocycles. The fraction of sp³-hybridized carbons (Fsp3) is 0. The van der Waals surface area contributed by atoms with Gasteiger partial charge in [-0.25, -0.2) is 0 Å². The SMILES string of the molecule is c1ccc(-c2c(-c3ccccc3)c3cc(N(c4cccc5c4ccc4ccccc45)c4cccc5c4ccc4ccccc45)ccc3c3ccccc23)cc1. The Labute approximate surface area is 320 Å². The van der Waals surface area contributed by atoms with Gasteiger partial charge in [0.25, 0.3) is 0 Å². The van der Waals surface area contributed by atoms with Gasteiger partial charge in [-0.3, -0.25) is 0 Å². The summed E-state index contributed by atoms with van der Waals surface area (Å²) in [6.45, 7) is 0. The molecule has 0 aliphatic heterocycles. The zero-order chi connectivity index (χ0) is 36.3. The van der Waals surface area contributed by atoms with Gasteiger partial charge in [0, 0.05) is 16.5 Å². The van der Waals surface area contributed by atoms with Crippen molar-refractivity contribution in [1.82, 2.24) is 0 Å². The van der Waals surface area contributed by atoms with Crippen LogP contribution in [-0.4, -0.2) is 0 Å². The maximum absolute atomic E-state index is 2.50. The molecule has 0 bridgehead atoms. The van der Waals surface area contributed by atoms with E-state index in [-0.39, 0.29) is 0 Å². The van der Waals surface area contributed by atoms with Gasteiger partial charge in [-0.1, -0.05) is 188 Å². The highest BCUT2D eigenvalue weighted by atomic mass is 15.1. The van der Waals surface area contributed by atoms with Crippen LogP contribution in [0.15, 0.2) is 212 Å². The summed E-state index contributed by atoms with van der Waals surface area (Å²) in [7, 11) is 0. The summed E-state index contributed by atoms with van der Waals surface area (Å²) in [6.07, 6.45) is 0. The third kappa shape index (κ3) is 5.01. The van der Waals surface area contributed by atoms with Crippen molar-refractivity contribution in [3.63, 3.8) is 0 Å². The van der Waals surface area contributed by atoms with Crippen LogP contribution in [0.25, 0.3) is 86.9 Å². The number of rotatable bonds is 5. The molecule has 0 amide bonds. The first-order chi connectivity index (χ1) is 27.3. The minimum atomic E-state index is 1.11. The van der Waals surface area contributed by atoms with E-state index in [4.69, 9.17) is 0 Å². The van der Waals surface area contributed by atoms with Crippen LogP contribution in [-0.2, 0) is 0 Å². The predicted molar refractivity (Wildman–Crippen MR) is 237 cm³/mol. The summed E-state index contributed by atoms with van der Waals surface area (Å²) in [5, 5.41) is 14.9. The maximum atomic E-state index is 2.50. The summed E-state index contributed by atoms with van der Waals surface area (Å²) >= 11 is 0. The Morgan fingerprint density at radius 1 is 0.236 bits per heavy atom. The lowest BCUT2D eigenvalue weighted by Gasteiger charge is -2.29. The highest BCUT2D eigenvalue weighted by Gasteiger charge is 2.22. The van der Waals surface area contributed by atoms with E-state index in [1.165, 1.54) is 86.9 Å². The minimum Gasteiger partial charge on any atom is -0.309 e. The van der Waals surface area contributed by atoms with E-state index in [1.54, 1.807) is 0 Å². The highest BCUT2D eigenvalue weighted by molar-refractivity contribution is 6.23.